The average molecular weight is 444 g/mol. The van der Waals surface area contributed by atoms with E-state index < -0.39 is 23.7 Å². The first-order valence-corrected chi connectivity index (χ1v) is 10.3. The molecule has 0 saturated heterocycles. The third kappa shape index (κ3) is 5.48. The van der Waals surface area contributed by atoms with Crippen molar-refractivity contribution < 1.29 is 18.4 Å². The summed E-state index contributed by atoms with van der Waals surface area (Å²) in [5, 5.41) is 2.89. The Balaban J connectivity index is 1.70. The number of benzene rings is 2. The van der Waals surface area contributed by atoms with E-state index in [1.54, 1.807) is 12.1 Å². The molecule has 2 amide bonds. The number of aromatic nitrogens is 2. The quantitative estimate of drug-likeness (QED) is 0.445. The number of carbonyl (C=O) groups is 2. The van der Waals surface area contributed by atoms with Crippen molar-refractivity contribution >= 4 is 11.8 Å². The molecule has 0 spiro atoms. The zero-order valence-electron chi connectivity index (χ0n) is 17.6. The summed E-state index contributed by atoms with van der Waals surface area (Å²) in [6, 6.07) is 17.2. The molecule has 7 nitrogen and oxygen atoms in total. The Labute approximate surface area is 189 Å². The van der Waals surface area contributed by atoms with Gasteiger partial charge in [0, 0.05) is 18.9 Å². The second kappa shape index (κ2) is 10.3. The lowest BCUT2D eigenvalue weighted by Gasteiger charge is -2.30. The lowest BCUT2D eigenvalue weighted by Crippen LogP contribution is -2.43. The summed E-state index contributed by atoms with van der Waals surface area (Å²) >= 11 is 0. The van der Waals surface area contributed by atoms with E-state index in [0.717, 1.165) is 5.56 Å². The average Bonchev–Trinajstić information content (AvgIpc) is 3.37. The van der Waals surface area contributed by atoms with Crippen LogP contribution in [0.1, 0.15) is 33.4 Å². The highest BCUT2D eigenvalue weighted by Crippen LogP contribution is 2.26. The van der Waals surface area contributed by atoms with Crippen molar-refractivity contribution in [3.63, 3.8) is 0 Å². The molecule has 1 atom stereocenters. The zero-order chi connectivity index (χ0) is 23.0. The summed E-state index contributed by atoms with van der Waals surface area (Å²) in [4.78, 5) is 36.3. The van der Waals surface area contributed by atoms with E-state index in [1.165, 1.54) is 54.0 Å². The van der Waals surface area contributed by atoms with Gasteiger partial charge in [-0.2, -0.15) is 0 Å². The zero-order valence-corrected chi connectivity index (χ0v) is 17.6. The first-order chi connectivity index (χ1) is 16.1. The number of nitrogens with one attached hydrogen (secondary N) is 1. The predicted molar refractivity (Wildman–Crippen MR) is 118 cm³/mol. The van der Waals surface area contributed by atoms with Gasteiger partial charge >= 0.3 is 0 Å². The molecule has 166 valence electrons. The van der Waals surface area contributed by atoms with E-state index in [1.807, 2.05) is 30.3 Å². The summed E-state index contributed by atoms with van der Waals surface area (Å²) < 4.78 is 19.1. The normalized spacial score (nSPS) is 11.5. The van der Waals surface area contributed by atoms with Crippen LogP contribution >= 0.6 is 0 Å². The molecular formula is C25H21FN4O3. The maximum Gasteiger partial charge on any atom is 0.275 e. The van der Waals surface area contributed by atoms with Crippen molar-refractivity contribution in [2.24, 2.45) is 0 Å². The molecule has 0 fully saturated rings. The van der Waals surface area contributed by atoms with Gasteiger partial charge in [0.15, 0.2) is 0 Å². The van der Waals surface area contributed by atoms with E-state index in [9.17, 15) is 14.0 Å². The van der Waals surface area contributed by atoms with E-state index in [-0.39, 0.29) is 18.8 Å². The Bertz CT molecular complexity index is 1180. The van der Waals surface area contributed by atoms with Gasteiger partial charge in [0.05, 0.1) is 19.0 Å². The van der Waals surface area contributed by atoms with Gasteiger partial charge in [-0.15, -0.1) is 0 Å². The third-order valence-electron chi connectivity index (χ3n) is 5.00. The number of rotatable bonds is 8. The summed E-state index contributed by atoms with van der Waals surface area (Å²) in [7, 11) is 0. The smallest absolute Gasteiger partial charge is 0.275 e. The van der Waals surface area contributed by atoms with Crippen LogP contribution in [0.4, 0.5) is 4.39 Å². The molecular weight excluding hydrogens is 423 g/mol. The van der Waals surface area contributed by atoms with E-state index in [0.29, 0.717) is 11.3 Å². The molecule has 0 aliphatic rings. The Morgan fingerprint density at radius 1 is 1.00 bits per heavy atom. The fourth-order valence-electron chi connectivity index (χ4n) is 3.41. The molecule has 0 aliphatic carbocycles. The Hall–Kier alpha value is -4.33. The van der Waals surface area contributed by atoms with Crippen LogP contribution < -0.4 is 5.32 Å². The topological polar surface area (TPSA) is 88.3 Å². The molecule has 0 radical (unpaired) electrons. The molecule has 2 aromatic carbocycles. The minimum atomic E-state index is -1.06. The fourth-order valence-corrected chi connectivity index (χ4v) is 3.41. The molecule has 0 aliphatic heterocycles. The van der Waals surface area contributed by atoms with Crippen LogP contribution in [-0.2, 0) is 17.9 Å². The summed E-state index contributed by atoms with van der Waals surface area (Å²) in [5.74, 6) is -0.895. The molecule has 2 aromatic heterocycles. The first kappa shape index (κ1) is 21.9. The fraction of sp³-hybridized carbons (Fsp3) is 0.120. The monoisotopic (exact) mass is 444 g/mol. The third-order valence-corrected chi connectivity index (χ3v) is 5.00. The van der Waals surface area contributed by atoms with Crippen LogP contribution in [0.3, 0.4) is 0 Å². The maximum absolute atomic E-state index is 13.6. The summed E-state index contributed by atoms with van der Waals surface area (Å²) in [5.41, 5.74) is 1.43. The largest absolute Gasteiger partial charge is 0.467 e. The molecule has 0 bridgehead atoms. The van der Waals surface area contributed by atoms with Gasteiger partial charge in [0.1, 0.15) is 23.3 Å². The van der Waals surface area contributed by atoms with Crippen molar-refractivity contribution in [2.45, 2.75) is 19.1 Å². The number of halogens is 1. The van der Waals surface area contributed by atoms with Crippen molar-refractivity contribution in [3.05, 3.63) is 120 Å². The van der Waals surface area contributed by atoms with E-state index in [4.69, 9.17) is 4.42 Å². The van der Waals surface area contributed by atoms with E-state index >= 15 is 0 Å². The van der Waals surface area contributed by atoms with Gasteiger partial charge in [-0.3, -0.25) is 14.6 Å². The van der Waals surface area contributed by atoms with E-state index in [2.05, 4.69) is 15.3 Å². The van der Waals surface area contributed by atoms with Crippen LogP contribution in [0.25, 0.3) is 0 Å². The van der Waals surface area contributed by atoms with Gasteiger partial charge in [-0.05, 0) is 35.4 Å². The van der Waals surface area contributed by atoms with Crippen molar-refractivity contribution in [1.82, 2.24) is 20.2 Å². The first-order valence-electron chi connectivity index (χ1n) is 10.3. The Morgan fingerprint density at radius 2 is 1.79 bits per heavy atom. The molecule has 4 aromatic rings. The molecule has 8 heteroatoms. The van der Waals surface area contributed by atoms with Crippen LogP contribution in [0.5, 0.6) is 0 Å². The van der Waals surface area contributed by atoms with Crippen molar-refractivity contribution in [2.75, 3.05) is 0 Å². The predicted octanol–water partition coefficient (Wildman–Crippen LogP) is 3.91. The van der Waals surface area contributed by atoms with Gasteiger partial charge in [0.25, 0.3) is 5.91 Å². The van der Waals surface area contributed by atoms with Crippen LogP contribution in [0.2, 0.25) is 0 Å². The molecule has 0 saturated carbocycles. The molecule has 0 unspecified atom stereocenters. The number of hydrogen-bond donors (Lipinski definition) is 1. The second-order valence-corrected chi connectivity index (χ2v) is 7.26. The molecule has 4 rings (SSSR count). The maximum atomic E-state index is 13.6. The molecule has 33 heavy (non-hydrogen) atoms. The summed E-state index contributed by atoms with van der Waals surface area (Å²) in [6.45, 7) is 0.272. The Morgan fingerprint density at radius 3 is 2.45 bits per heavy atom. The number of nitrogens with zero attached hydrogens (tertiary/aromatic N) is 3. The lowest BCUT2D eigenvalue weighted by atomic mass is 10.0. The van der Waals surface area contributed by atoms with Crippen LogP contribution in [-0.4, -0.2) is 26.7 Å². The Kier molecular flexibility index (Phi) is 6.84. The molecule has 2 heterocycles. The van der Waals surface area contributed by atoms with Crippen molar-refractivity contribution in [3.8, 4) is 0 Å². The van der Waals surface area contributed by atoms with Gasteiger partial charge in [-0.1, -0.05) is 42.5 Å². The number of carbonyl (C=O) groups excluding carboxylic acids is 2. The minimum absolute atomic E-state index is 0.00318. The van der Waals surface area contributed by atoms with Crippen molar-refractivity contribution in [1.29, 1.82) is 0 Å². The highest BCUT2D eigenvalue weighted by molar-refractivity contribution is 5.96. The number of hydrogen-bond acceptors (Lipinski definition) is 5. The summed E-state index contributed by atoms with van der Waals surface area (Å²) in [6.07, 6.45) is 5.68. The SMILES string of the molecule is O=C(NCc1ccccc1)[C@H](c1ccc(F)cc1)N(Cc1ccco1)C(=O)c1cnccn1. The van der Waals surface area contributed by atoms with Gasteiger partial charge in [0.2, 0.25) is 5.91 Å². The van der Waals surface area contributed by atoms with Crippen LogP contribution in [0, 0.1) is 5.82 Å². The minimum Gasteiger partial charge on any atom is -0.467 e. The standard InChI is InChI=1S/C25H21FN4O3/c26-20-10-8-19(9-11-20)23(24(31)29-15-18-5-2-1-3-6-18)30(17-21-7-4-14-33-21)25(32)22-16-27-12-13-28-22/h1-14,16,23H,15,17H2,(H,29,31)/t23-/m0/s1. The van der Waals surface area contributed by atoms with Gasteiger partial charge < -0.3 is 14.6 Å². The highest BCUT2D eigenvalue weighted by Gasteiger charge is 2.33. The van der Waals surface area contributed by atoms with Crippen LogP contribution in [0.15, 0.2) is 96.0 Å². The highest BCUT2D eigenvalue weighted by atomic mass is 19.1. The van der Waals surface area contributed by atoms with Gasteiger partial charge in [-0.25, -0.2) is 9.37 Å². The number of furan rings is 1. The number of amides is 2. The molecule has 1 N–H and O–H groups in total. The second-order valence-electron chi connectivity index (χ2n) is 7.26. The lowest BCUT2D eigenvalue weighted by molar-refractivity contribution is -0.126.